The van der Waals surface area contributed by atoms with E-state index >= 15 is 0 Å². The molecule has 1 heterocycles. The number of nitrogens with one attached hydrogen (secondary N) is 1. The molecule has 0 spiro atoms. The molecule has 0 amide bonds. The minimum absolute atomic E-state index is 0.351. The first-order valence-electron chi connectivity index (χ1n) is 15.4. The maximum Gasteiger partial charge on any atom is 0.0789 e. The van der Waals surface area contributed by atoms with Gasteiger partial charge in [-0.3, -0.25) is 0 Å². The molecular weight excluding hydrogens is 466 g/mol. The highest BCUT2D eigenvalue weighted by Crippen LogP contribution is 2.25. The van der Waals surface area contributed by atoms with Crippen LogP contribution < -0.4 is 11.1 Å². The van der Waals surface area contributed by atoms with E-state index in [2.05, 4.69) is 86.4 Å². The molecule has 0 aliphatic carbocycles. The second-order valence-electron chi connectivity index (χ2n) is 12.3. The molecule has 4 N–H and O–H groups in total. The van der Waals surface area contributed by atoms with Crippen LogP contribution in [0.25, 0.3) is 0 Å². The third kappa shape index (κ3) is 10.4. The van der Waals surface area contributed by atoms with Crippen LogP contribution >= 0.6 is 0 Å². The van der Waals surface area contributed by atoms with Gasteiger partial charge < -0.3 is 21.1 Å². The SMILES string of the molecule is CC(C)c1ccc(CCCCCCC(NCC2CCN(CC(O)CN)CC2)c2ccc(C(C)C)cc2)cc1. The molecule has 0 aromatic heterocycles. The molecule has 3 rings (SSSR count). The van der Waals surface area contributed by atoms with Crippen LogP contribution in [-0.4, -0.2) is 48.8 Å². The Kier molecular flexibility index (Phi) is 13.3. The summed E-state index contributed by atoms with van der Waals surface area (Å²) in [6.07, 6.45) is 9.54. The van der Waals surface area contributed by atoms with Crippen molar-refractivity contribution in [3.63, 3.8) is 0 Å². The third-order valence-corrected chi connectivity index (χ3v) is 8.46. The fourth-order valence-electron chi connectivity index (χ4n) is 5.65. The minimum Gasteiger partial charge on any atom is -0.390 e. The van der Waals surface area contributed by atoms with Crippen molar-refractivity contribution >= 4 is 0 Å². The fraction of sp³-hybridized carbons (Fsp3) is 0.647. The second-order valence-corrected chi connectivity index (χ2v) is 12.3. The highest BCUT2D eigenvalue weighted by Gasteiger charge is 2.22. The topological polar surface area (TPSA) is 61.5 Å². The van der Waals surface area contributed by atoms with Crippen LogP contribution in [0.4, 0.5) is 0 Å². The van der Waals surface area contributed by atoms with Gasteiger partial charge in [-0.2, -0.15) is 0 Å². The summed E-state index contributed by atoms with van der Waals surface area (Å²) in [6.45, 7) is 13.3. The van der Waals surface area contributed by atoms with E-state index in [1.165, 1.54) is 73.6 Å². The minimum atomic E-state index is -0.395. The normalized spacial score (nSPS) is 16.8. The lowest BCUT2D eigenvalue weighted by molar-refractivity contribution is 0.0933. The van der Waals surface area contributed by atoms with Crippen LogP contribution in [-0.2, 0) is 6.42 Å². The van der Waals surface area contributed by atoms with Crippen LogP contribution in [0, 0.1) is 5.92 Å². The van der Waals surface area contributed by atoms with Crippen molar-refractivity contribution in [3.8, 4) is 0 Å². The average Bonchev–Trinajstić information content (AvgIpc) is 2.93. The molecule has 2 unspecified atom stereocenters. The van der Waals surface area contributed by atoms with E-state index in [4.69, 9.17) is 5.73 Å². The molecule has 0 saturated carbocycles. The third-order valence-electron chi connectivity index (χ3n) is 8.46. The van der Waals surface area contributed by atoms with Gasteiger partial charge in [0.2, 0.25) is 0 Å². The van der Waals surface area contributed by atoms with Crippen LogP contribution in [0.15, 0.2) is 48.5 Å². The van der Waals surface area contributed by atoms with Gasteiger partial charge in [-0.15, -0.1) is 0 Å². The first kappa shape index (κ1) is 30.8. The van der Waals surface area contributed by atoms with E-state index in [0.717, 1.165) is 19.6 Å². The van der Waals surface area contributed by atoms with Gasteiger partial charge in [0.1, 0.15) is 0 Å². The van der Waals surface area contributed by atoms with Crippen molar-refractivity contribution in [2.75, 3.05) is 32.7 Å². The standard InChI is InChI=1S/C34H55N3O/c1-26(2)30-13-11-28(12-14-30)9-7-5-6-8-10-34(32-17-15-31(16-18-32)27(3)4)36-24-29-19-21-37(22-20-29)25-33(38)23-35/h11-18,26-27,29,33-34,36,38H,5-10,19-25,35H2,1-4H3. The van der Waals surface area contributed by atoms with Crippen molar-refractivity contribution in [2.24, 2.45) is 11.7 Å². The number of nitrogens with two attached hydrogens (primary N) is 1. The molecule has 2 atom stereocenters. The van der Waals surface area contributed by atoms with E-state index in [1.54, 1.807) is 0 Å². The number of benzene rings is 2. The van der Waals surface area contributed by atoms with Crippen LogP contribution in [0.3, 0.4) is 0 Å². The molecule has 4 heteroatoms. The Hall–Kier alpha value is -1.72. The van der Waals surface area contributed by atoms with Crippen LogP contribution in [0.1, 0.15) is 113 Å². The van der Waals surface area contributed by atoms with E-state index < -0.39 is 6.10 Å². The van der Waals surface area contributed by atoms with E-state index in [-0.39, 0.29) is 0 Å². The summed E-state index contributed by atoms with van der Waals surface area (Å²) in [4.78, 5) is 2.37. The Balaban J connectivity index is 1.44. The van der Waals surface area contributed by atoms with Crippen molar-refractivity contribution in [3.05, 3.63) is 70.8 Å². The van der Waals surface area contributed by atoms with Crippen LogP contribution in [0.2, 0.25) is 0 Å². The van der Waals surface area contributed by atoms with E-state index in [1.807, 2.05) is 0 Å². The first-order valence-corrected chi connectivity index (χ1v) is 15.4. The summed E-state index contributed by atoms with van der Waals surface area (Å²) >= 11 is 0. The molecule has 2 aromatic carbocycles. The van der Waals surface area contributed by atoms with Gasteiger partial charge in [0.25, 0.3) is 0 Å². The van der Waals surface area contributed by atoms with Crippen molar-refractivity contribution in [2.45, 2.75) is 103 Å². The van der Waals surface area contributed by atoms with Crippen molar-refractivity contribution in [1.82, 2.24) is 10.2 Å². The van der Waals surface area contributed by atoms with E-state index in [9.17, 15) is 5.11 Å². The Bertz CT molecular complexity index is 885. The van der Waals surface area contributed by atoms with Crippen LogP contribution in [0.5, 0.6) is 0 Å². The number of hydrogen-bond donors (Lipinski definition) is 3. The van der Waals surface area contributed by atoms with E-state index in [0.29, 0.717) is 36.9 Å². The fourth-order valence-corrected chi connectivity index (χ4v) is 5.65. The van der Waals surface area contributed by atoms with Gasteiger partial charge in [0.05, 0.1) is 6.10 Å². The van der Waals surface area contributed by atoms with Gasteiger partial charge >= 0.3 is 0 Å². The zero-order valence-corrected chi connectivity index (χ0v) is 24.7. The van der Waals surface area contributed by atoms with Gasteiger partial charge in [0, 0.05) is 19.1 Å². The Morgan fingerprint density at radius 1 is 0.816 bits per heavy atom. The number of β-amino-alcohol motifs (C(OH)–C–C–N with tert-alkyl or cyclic N) is 1. The predicted octanol–water partition coefficient (Wildman–Crippen LogP) is 6.79. The number of likely N-dealkylation sites (tertiary alicyclic amines) is 1. The van der Waals surface area contributed by atoms with Gasteiger partial charge in [0.15, 0.2) is 0 Å². The number of nitrogens with zero attached hydrogens (tertiary/aromatic N) is 1. The quantitative estimate of drug-likeness (QED) is 0.213. The highest BCUT2D eigenvalue weighted by molar-refractivity contribution is 5.27. The predicted molar refractivity (Wildman–Crippen MR) is 163 cm³/mol. The molecule has 1 saturated heterocycles. The number of aliphatic hydroxyl groups is 1. The number of hydrogen-bond acceptors (Lipinski definition) is 4. The molecular formula is C34H55N3O. The van der Waals surface area contributed by atoms with Gasteiger partial charge in [-0.1, -0.05) is 95.5 Å². The summed E-state index contributed by atoms with van der Waals surface area (Å²) in [7, 11) is 0. The lowest BCUT2D eigenvalue weighted by atomic mass is 9.93. The summed E-state index contributed by atoms with van der Waals surface area (Å²) < 4.78 is 0. The summed E-state index contributed by atoms with van der Waals surface area (Å²) in [5.74, 6) is 1.89. The van der Waals surface area contributed by atoms with Gasteiger partial charge in [-0.05, 0) is 91.7 Å². The molecule has 1 aliphatic rings. The summed E-state index contributed by atoms with van der Waals surface area (Å²) in [6, 6.07) is 19.0. The maximum absolute atomic E-state index is 9.88. The summed E-state index contributed by atoms with van der Waals surface area (Å²) in [5, 5.41) is 13.8. The Morgan fingerprint density at radius 3 is 1.95 bits per heavy atom. The molecule has 2 aromatic rings. The average molecular weight is 522 g/mol. The largest absolute Gasteiger partial charge is 0.390 e. The van der Waals surface area contributed by atoms with Crippen molar-refractivity contribution in [1.29, 1.82) is 0 Å². The monoisotopic (exact) mass is 521 g/mol. The zero-order valence-electron chi connectivity index (χ0n) is 24.7. The number of aryl methyl sites for hydroxylation is 1. The molecule has 38 heavy (non-hydrogen) atoms. The number of piperidine rings is 1. The maximum atomic E-state index is 9.88. The molecule has 212 valence electrons. The number of rotatable bonds is 16. The molecule has 1 aliphatic heterocycles. The molecule has 0 radical (unpaired) electrons. The summed E-state index contributed by atoms with van der Waals surface area (Å²) in [5.41, 5.74) is 11.4. The molecule has 0 bridgehead atoms. The van der Waals surface area contributed by atoms with Gasteiger partial charge in [-0.25, -0.2) is 0 Å². The lowest BCUT2D eigenvalue weighted by Crippen LogP contribution is -2.43. The first-order chi connectivity index (χ1) is 18.4. The van der Waals surface area contributed by atoms with Crippen molar-refractivity contribution < 1.29 is 5.11 Å². The number of unbranched alkanes of at least 4 members (excludes halogenated alkanes) is 3. The smallest absolute Gasteiger partial charge is 0.0789 e. The highest BCUT2D eigenvalue weighted by atomic mass is 16.3. The lowest BCUT2D eigenvalue weighted by Gasteiger charge is -2.34. The zero-order chi connectivity index (χ0) is 27.3. The molecule has 1 fully saturated rings. The number of aliphatic hydroxyl groups excluding tert-OH is 1. The Labute approximate surface area is 233 Å². The second kappa shape index (κ2) is 16.4. The molecule has 4 nitrogen and oxygen atoms in total. The Morgan fingerprint density at radius 2 is 1.37 bits per heavy atom.